The van der Waals surface area contributed by atoms with Gasteiger partial charge in [0.25, 0.3) is 0 Å². The van der Waals surface area contributed by atoms with Gasteiger partial charge in [0.2, 0.25) is 0 Å². The lowest BCUT2D eigenvalue weighted by molar-refractivity contribution is 0.103. The molecule has 0 fully saturated rings. The highest BCUT2D eigenvalue weighted by Gasteiger charge is 2.25. The Morgan fingerprint density at radius 2 is 2.11 bits per heavy atom. The Labute approximate surface area is 162 Å². The van der Waals surface area contributed by atoms with Crippen molar-refractivity contribution in [1.82, 2.24) is 15.2 Å². The van der Waals surface area contributed by atoms with Crippen LogP contribution in [0.5, 0.6) is 0 Å². The van der Waals surface area contributed by atoms with Crippen LogP contribution in [0.4, 0.5) is 4.39 Å². The Hall–Kier alpha value is -2.53. The van der Waals surface area contributed by atoms with E-state index in [1.54, 1.807) is 36.7 Å². The molecule has 0 aliphatic heterocycles. The first-order valence-electron chi connectivity index (χ1n) is 8.94. The van der Waals surface area contributed by atoms with Crippen molar-refractivity contribution >= 4 is 17.4 Å². The molecule has 0 radical (unpaired) electrons. The molecular formula is C21H21ClFN3O. The predicted molar refractivity (Wildman–Crippen MR) is 104 cm³/mol. The van der Waals surface area contributed by atoms with Crippen LogP contribution in [0, 0.1) is 5.82 Å². The van der Waals surface area contributed by atoms with Crippen LogP contribution < -0.4 is 0 Å². The number of halogens is 2. The number of ketones is 1. The fraction of sp³-hybridized carbons (Fsp3) is 0.286. The number of H-pyrrole nitrogens is 1. The molecule has 1 N–H and O–H groups in total. The second-order valence-electron chi connectivity index (χ2n) is 6.67. The lowest BCUT2D eigenvalue weighted by Gasteiger charge is -2.21. The summed E-state index contributed by atoms with van der Waals surface area (Å²) in [6.45, 7) is 4.10. The third-order valence-electron chi connectivity index (χ3n) is 4.93. The number of nitrogens with one attached hydrogen (secondary N) is 1. The van der Waals surface area contributed by atoms with E-state index in [9.17, 15) is 4.79 Å². The number of benzene rings is 1. The zero-order chi connectivity index (χ0) is 19.4. The Kier molecular flexibility index (Phi) is 6.01. The van der Waals surface area contributed by atoms with Gasteiger partial charge in [-0.1, -0.05) is 31.5 Å². The van der Waals surface area contributed by atoms with Crippen LogP contribution in [0.3, 0.4) is 0 Å². The third kappa shape index (κ3) is 4.08. The first-order chi connectivity index (χ1) is 13.0. The normalized spacial score (nSPS) is 13.3. The van der Waals surface area contributed by atoms with Gasteiger partial charge in [-0.2, -0.15) is 5.10 Å². The zero-order valence-corrected chi connectivity index (χ0v) is 16.0. The Morgan fingerprint density at radius 1 is 1.30 bits per heavy atom. The van der Waals surface area contributed by atoms with Crippen LogP contribution in [0.2, 0.25) is 5.02 Å². The number of pyridine rings is 1. The summed E-state index contributed by atoms with van der Waals surface area (Å²) in [4.78, 5) is 16.7. The molecule has 0 aliphatic carbocycles. The molecule has 0 spiro atoms. The van der Waals surface area contributed by atoms with Crippen LogP contribution in [0.25, 0.3) is 0 Å². The maximum Gasteiger partial charge on any atom is 0.199 e. The number of carbonyl (C=O) groups excluding carboxylic acids is 1. The van der Waals surface area contributed by atoms with E-state index >= 15 is 4.39 Å². The van der Waals surface area contributed by atoms with Gasteiger partial charge in [0.15, 0.2) is 5.78 Å². The van der Waals surface area contributed by atoms with E-state index in [0.29, 0.717) is 11.1 Å². The van der Waals surface area contributed by atoms with Crippen LogP contribution in [0.15, 0.2) is 49.1 Å². The average molecular weight is 386 g/mol. The van der Waals surface area contributed by atoms with Crippen molar-refractivity contribution in [3.05, 3.63) is 82.1 Å². The number of aromatic nitrogens is 3. The molecule has 2 heterocycles. The van der Waals surface area contributed by atoms with Gasteiger partial charge < -0.3 is 0 Å². The Bertz CT molecular complexity index is 913. The first-order valence-corrected chi connectivity index (χ1v) is 9.32. The largest absolute Gasteiger partial charge is 0.288 e. The van der Waals surface area contributed by atoms with E-state index in [1.807, 2.05) is 13.1 Å². The molecule has 2 aromatic heterocycles. The minimum absolute atomic E-state index is 0.0346. The van der Waals surface area contributed by atoms with Crippen LogP contribution in [-0.4, -0.2) is 21.0 Å². The average Bonchev–Trinajstić information content (AvgIpc) is 3.22. The number of hydrogen-bond donors (Lipinski definition) is 1. The summed E-state index contributed by atoms with van der Waals surface area (Å²) in [5.74, 6) is -0.818. The standard InChI is InChI=1S/C21H21ClFN3O/c1-3-14(9-13(2)16-11-25-26-12-16)17-6-7-18(22)19(20(17)23)21(27)15-5-4-8-24-10-15/h4-8,10-14H,3,9H2,1-2H3,(H,25,26)/t13-,14+/m1/s1. The Balaban J connectivity index is 1.95. The molecule has 4 nitrogen and oxygen atoms in total. The molecule has 6 heteroatoms. The molecule has 140 valence electrons. The summed E-state index contributed by atoms with van der Waals surface area (Å²) < 4.78 is 15.4. The van der Waals surface area contributed by atoms with Crippen molar-refractivity contribution in [1.29, 1.82) is 0 Å². The number of rotatable bonds is 7. The highest BCUT2D eigenvalue weighted by atomic mass is 35.5. The summed E-state index contributed by atoms with van der Waals surface area (Å²) in [6, 6.07) is 6.54. The van der Waals surface area contributed by atoms with Crippen LogP contribution in [0.1, 0.15) is 65.6 Å². The van der Waals surface area contributed by atoms with Gasteiger partial charge in [0, 0.05) is 24.2 Å². The van der Waals surface area contributed by atoms with E-state index in [2.05, 4.69) is 22.1 Å². The SMILES string of the molecule is CC[C@@H](C[C@@H](C)c1cn[nH]c1)c1ccc(Cl)c(C(=O)c2cccnc2)c1F. The number of nitrogens with zero attached hydrogens (tertiary/aromatic N) is 2. The number of hydrogen-bond acceptors (Lipinski definition) is 3. The van der Waals surface area contributed by atoms with Crippen LogP contribution >= 0.6 is 11.6 Å². The molecule has 1 aromatic carbocycles. The van der Waals surface area contributed by atoms with E-state index in [1.165, 1.54) is 6.20 Å². The summed E-state index contributed by atoms with van der Waals surface area (Å²) in [5, 5.41) is 6.91. The highest BCUT2D eigenvalue weighted by molar-refractivity contribution is 6.35. The molecule has 3 aromatic rings. The van der Waals surface area contributed by atoms with Crippen molar-refractivity contribution in [3.8, 4) is 0 Å². The van der Waals surface area contributed by atoms with Crippen molar-refractivity contribution in [2.75, 3.05) is 0 Å². The molecule has 0 saturated heterocycles. The number of carbonyl (C=O) groups is 1. The van der Waals surface area contributed by atoms with Gasteiger partial charge in [-0.15, -0.1) is 0 Å². The van der Waals surface area contributed by atoms with Gasteiger partial charge in [-0.3, -0.25) is 14.9 Å². The van der Waals surface area contributed by atoms with E-state index < -0.39 is 11.6 Å². The lowest BCUT2D eigenvalue weighted by Crippen LogP contribution is -2.11. The van der Waals surface area contributed by atoms with E-state index in [-0.39, 0.29) is 22.4 Å². The second-order valence-corrected chi connectivity index (χ2v) is 7.08. The molecule has 0 saturated carbocycles. The first kappa shape index (κ1) is 19.2. The summed E-state index contributed by atoms with van der Waals surface area (Å²) in [7, 11) is 0. The van der Waals surface area contributed by atoms with Gasteiger partial charge in [-0.25, -0.2) is 4.39 Å². The molecule has 2 atom stereocenters. The molecule has 0 bridgehead atoms. The monoisotopic (exact) mass is 385 g/mol. The lowest BCUT2D eigenvalue weighted by atomic mass is 9.84. The van der Waals surface area contributed by atoms with Gasteiger partial charge >= 0.3 is 0 Å². The van der Waals surface area contributed by atoms with Crippen molar-refractivity contribution in [2.45, 2.75) is 38.5 Å². The van der Waals surface area contributed by atoms with Gasteiger partial charge in [-0.05, 0) is 54.0 Å². The zero-order valence-electron chi connectivity index (χ0n) is 15.2. The maximum atomic E-state index is 15.4. The minimum atomic E-state index is -0.539. The van der Waals surface area contributed by atoms with E-state index in [4.69, 9.17) is 11.6 Å². The molecule has 0 unspecified atom stereocenters. The smallest absolute Gasteiger partial charge is 0.199 e. The van der Waals surface area contributed by atoms with Crippen LogP contribution in [-0.2, 0) is 0 Å². The van der Waals surface area contributed by atoms with Crippen molar-refractivity contribution in [2.24, 2.45) is 0 Å². The molecule has 0 amide bonds. The fourth-order valence-corrected chi connectivity index (χ4v) is 3.57. The minimum Gasteiger partial charge on any atom is -0.288 e. The summed E-state index contributed by atoms with van der Waals surface area (Å²) in [6.07, 6.45) is 8.12. The van der Waals surface area contributed by atoms with Crippen molar-refractivity contribution < 1.29 is 9.18 Å². The number of aromatic amines is 1. The highest BCUT2D eigenvalue weighted by Crippen LogP contribution is 2.36. The predicted octanol–water partition coefficient (Wildman–Crippen LogP) is 5.52. The quantitative estimate of drug-likeness (QED) is 0.545. The Morgan fingerprint density at radius 3 is 2.74 bits per heavy atom. The molecule has 27 heavy (non-hydrogen) atoms. The second kappa shape index (κ2) is 8.44. The molecule has 3 rings (SSSR count). The topological polar surface area (TPSA) is 58.6 Å². The van der Waals surface area contributed by atoms with Crippen molar-refractivity contribution in [3.63, 3.8) is 0 Å². The summed E-state index contributed by atoms with van der Waals surface area (Å²) in [5.41, 5.74) is 1.82. The van der Waals surface area contributed by atoms with E-state index in [0.717, 1.165) is 18.4 Å². The van der Waals surface area contributed by atoms with Gasteiger partial charge in [0.1, 0.15) is 5.82 Å². The maximum absolute atomic E-state index is 15.4. The summed E-state index contributed by atoms with van der Waals surface area (Å²) >= 11 is 6.19. The molecular weight excluding hydrogens is 365 g/mol. The fourth-order valence-electron chi connectivity index (χ4n) is 3.34. The molecule has 0 aliphatic rings. The third-order valence-corrected chi connectivity index (χ3v) is 5.25. The van der Waals surface area contributed by atoms with Gasteiger partial charge in [0.05, 0.1) is 16.8 Å².